The van der Waals surface area contributed by atoms with Crippen LogP contribution in [-0.4, -0.2) is 29.7 Å². The standard InChI is InChI=1S/C25H38O3/c1-16-7-6-8-17(2)13-14-25(5)20(11-10-18(3)21(26)12-9-16)22-19(4)15-28-23(22)24(25)27/h7,10,13,19-23,26H,6,8-9,11-12,14-15H2,1-5H3/b16-7+,17-13+,18-10+/t19-,20-,21+,22-,23-,25+/m1/s1. The van der Waals surface area contributed by atoms with Gasteiger partial charge >= 0.3 is 0 Å². The highest BCUT2D eigenvalue weighted by Crippen LogP contribution is 2.55. The monoisotopic (exact) mass is 386 g/mol. The van der Waals surface area contributed by atoms with Crippen LogP contribution in [0.3, 0.4) is 0 Å². The molecule has 1 saturated carbocycles. The van der Waals surface area contributed by atoms with Crippen LogP contribution in [0.15, 0.2) is 34.9 Å². The Morgan fingerprint density at radius 2 is 1.82 bits per heavy atom. The first-order valence-electron chi connectivity index (χ1n) is 11.1. The number of carbonyl (C=O) groups is 1. The zero-order chi connectivity index (χ0) is 20.5. The fourth-order valence-electron chi connectivity index (χ4n) is 5.41. The molecule has 156 valence electrons. The molecule has 0 bridgehead atoms. The van der Waals surface area contributed by atoms with Crippen LogP contribution in [0.1, 0.15) is 73.1 Å². The van der Waals surface area contributed by atoms with Crippen LogP contribution in [0.4, 0.5) is 0 Å². The smallest absolute Gasteiger partial charge is 0.168 e. The Kier molecular flexibility index (Phi) is 6.66. The van der Waals surface area contributed by atoms with Crippen LogP contribution >= 0.6 is 0 Å². The molecule has 0 unspecified atom stereocenters. The first-order valence-corrected chi connectivity index (χ1v) is 11.1. The van der Waals surface area contributed by atoms with Crippen LogP contribution in [0.25, 0.3) is 0 Å². The predicted octanol–water partition coefficient (Wildman–Crippen LogP) is 5.40. The van der Waals surface area contributed by atoms with Gasteiger partial charge in [0.15, 0.2) is 5.78 Å². The van der Waals surface area contributed by atoms with E-state index >= 15 is 0 Å². The Morgan fingerprint density at radius 3 is 2.57 bits per heavy atom. The number of ether oxygens (including phenoxy) is 1. The maximum absolute atomic E-state index is 13.3. The van der Waals surface area contributed by atoms with Crippen molar-refractivity contribution in [1.29, 1.82) is 0 Å². The molecular weight excluding hydrogens is 348 g/mol. The normalized spacial score (nSPS) is 46.1. The predicted molar refractivity (Wildman–Crippen MR) is 114 cm³/mol. The molecule has 0 aromatic carbocycles. The van der Waals surface area contributed by atoms with E-state index in [9.17, 15) is 9.90 Å². The van der Waals surface area contributed by atoms with E-state index in [1.807, 2.05) is 6.92 Å². The van der Waals surface area contributed by atoms with E-state index in [4.69, 9.17) is 4.74 Å². The minimum absolute atomic E-state index is 0.234. The topological polar surface area (TPSA) is 46.5 Å². The van der Waals surface area contributed by atoms with Gasteiger partial charge in [0.05, 0.1) is 12.7 Å². The summed E-state index contributed by atoms with van der Waals surface area (Å²) in [7, 11) is 0. The van der Waals surface area contributed by atoms with E-state index in [-0.39, 0.29) is 17.4 Å². The lowest BCUT2D eigenvalue weighted by Gasteiger charge is -2.33. The van der Waals surface area contributed by atoms with Crippen LogP contribution in [0.2, 0.25) is 0 Å². The molecule has 1 aliphatic heterocycles. The highest BCUT2D eigenvalue weighted by molar-refractivity contribution is 5.92. The molecule has 0 spiro atoms. The molecule has 3 heteroatoms. The highest BCUT2D eigenvalue weighted by Gasteiger charge is 2.60. The number of aliphatic hydroxyl groups is 1. The lowest BCUT2D eigenvalue weighted by Crippen LogP contribution is -2.33. The van der Waals surface area contributed by atoms with E-state index in [1.165, 1.54) is 11.1 Å². The number of fused-ring (bicyclic) bond motifs is 3. The zero-order valence-electron chi connectivity index (χ0n) is 18.3. The maximum atomic E-state index is 13.3. The first-order chi connectivity index (χ1) is 13.2. The Bertz CT molecular complexity index is 686. The van der Waals surface area contributed by atoms with Gasteiger partial charge in [0, 0.05) is 11.3 Å². The molecule has 3 aliphatic rings. The summed E-state index contributed by atoms with van der Waals surface area (Å²) in [5, 5.41) is 10.6. The Labute approximate surface area is 170 Å². The third kappa shape index (κ3) is 4.21. The van der Waals surface area contributed by atoms with Crippen molar-refractivity contribution in [3.63, 3.8) is 0 Å². The summed E-state index contributed by atoms with van der Waals surface area (Å²) in [5.41, 5.74) is 3.39. The van der Waals surface area contributed by atoms with Crippen LogP contribution in [0.5, 0.6) is 0 Å². The van der Waals surface area contributed by atoms with Gasteiger partial charge < -0.3 is 9.84 Å². The van der Waals surface area contributed by atoms with Crippen molar-refractivity contribution in [2.45, 2.75) is 85.4 Å². The molecule has 1 N–H and O–H groups in total. The molecule has 6 atom stereocenters. The fourth-order valence-corrected chi connectivity index (χ4v) is 5.41. The summed E-state index contributed by atoms with van der Waals surface area (Å²) < 4.78 is 5.95. The van der Waals surface area contributed by atoms with Crippen LogP contribution in [-0.2, 0) is 9.53 Å². The molecule has 2 fully saturated rings. The van der Waals surface area contributed by atoms with Crippen molar-refractivity contribution in [3.05, 3.63) is 34.9 Å². The lowest BCUT2D eigenvalue weighted by atomic mass is 9.70. The number of carbonyl (C=O) groups excluding carboxylic acids is 1. The molecule has 1 heterocycles. The summed E-state index contributed by atoms with van der Waals surface area (Å²) >= 11 is 0. The van der Waals surface area contributed by atoms with E-state index in [1.54, 1.807) is 0 Å². The number of Topliss-reactive ketones (excluding diaryl/α,β-unsaturated/α-hetero) is 1. The van der Waals surface area contributed by atoms with Gasteiger partial charge in [-0.3, -0.25) is 4.79 Å². The third-order valence-electron chi connectivity index (χ3n) is 7.59. The lowest BCUT2D eigenvalue weighted by molar-refractivity contribution is -0.134. The number of allylic oxidation sites excluding steroid dienone is 5. The van der Waals surface area contributed by atoms with Gasteiger partial charge in [0.1, 0.15) is 6.10 Å². The number of aliphatic hydroxyl groups excluding tert-OH is 1. The average molecular weight is 387 g/mol. The number of rotatable bonds is 0. The average Bonchev–Trinajstić information content (AvgIpc) is 3.13. The molecule has 3 rings (SSSR count). The van der Waals surface area contributed by atoms with E-state index < -0.39 is 6.10 Å². The van der Waals surface area contributed by atoms with Gasteiger partial charge in [-0.15, -0.1) is 0 Å². The summed E-state index contributed by atoms with van der Waals surface area (Å²) in [4.78, 5) is 13.3. The van der Waals surface area contributed by atoms with Gasteiger partial charge in [0.25, 0.3) is 0 Å². The number of hydrogen-bond acceptors (Lipinski definition) is 3. The van der Waals surface area contributed by atoms with Gasteiger partial charge in [-0.25, -0.2) is 0 Å². The van der Waals surface area contributed by atoms with Crippen molar-refractivity contribution in [3.8, 4) is 0 Å². The molecule has 0 radical (unpaired) electrons. The maximum Gasteiger partial charge on any atom is 0.168 e. The Hall–Kier alpha value is -1.19. The van der Waals surface area contributed by atoms with E-state index in [2.05, 4.69) is 45.9 Å². The van der Waals surface area contributed by atoms with Gasteiger partial charge in [-0.2, -0.15) is 0 Å². The van der Waals surface area contributed by atoms with Crippen molar-refractivity contribution in [2.75, 3.05) is 6.61 Å². The molecule has 3 nitrogen and oxygen atoms in total. The van der Waals surface area contributed by atoms with Crippen LogP contribution in [0, 0.1) is 23.2 Å². The number of hydrogen-bond donors (Lipinski definition) is 1. The molecular formula is C25H38O3. The Balaban J connectivity index is 1.93. The minimum atomic E-state index is -0.398. The highest BCUT2D eigenvalue weighted by atomic mass is 16.5. The molecule has 1 saturated heterocycles. The quantitative estimate of drug-likeness (QED) is 0.567. The summed E-state index contributed by atoms with van der Waals surface area (Å²) in [6.07, 6.45) is 11.6. The molecule has 2 aliphatic carbocycles. The van der Waals surface area contributed by atoms with Crippen molar-refractivity contribution < 1.29 is 14.6 Å². The zero-order valence-corrected chi connectivity index (χ0v) is 18.3. The second kappa shape index (κ2) is 8.67. The van der Waals surface area contributed by atoms with Crippen molar-refractivity contribution in [1.82, 2.24) is 0 Å². The van der Waals surface area contributed by atoms with Gasteiger partial charge in [-0.1, -0.05) is 43.2 Å². The summed E-state index contributed by atoms with van der Waals surface area (Å²) in [6, 6.07) is 0. The van der Waals surface area contributed by atoms with E-state index in [0.717, 1.165) is 44.1 Å². The first kappa shape index (κ1) is 21.5. The molecule has 0 aromatic rings. The molecule has 28 heavy (non-hydrogen) atoms. The number of ketones is 1. The van der Waals surface area contributed by atoms with Crippen molar-refractivity contribution in [2.24, 2.45) is 23.2 Å². The third-order valence-corrected chi connectivity index (χ3v) is 7.59. The molecule has 0 amide bonds. The molecule has 0 aromatic heterocycles. The second-order valence-electron chi connectivity index (χ2n) is 9.78. The summed E-state index contributed by atoms with van der Waals surface area (Å²) in [5.74, 6) is 1.28. The minimum Gasteiger partial charge on any atom is -0.389 e. The SMILES string of the molecule is C/C1=C\C[C@]2(C)C(=O)[C@@H]3OC[C@@H](C)[C@@H]3[C@H]2C/C=C(\C)[C@@H](O)CC/C(C)=C/CC1. The van der Waals surface area contributed by atoms with Gasteiger partial charge in [0.2, 0.25) is 0 Å². The second-order valence-corrected chi connectivity index (χ2v) is 9.78. The fraction of sp³-hybridized carbons (Fsp3) is 0.720. The summed E-state index contributed by atoms with van der Waals surface area (Å²) in [6.45, 7) is 11.5. The van der Waals surface area contributed by atoms with Crippen molar-refractivity contribution >= 4 is 5.78 Å². The van der Waals surface area contributed by atoms with Gasteiger partial charge in [-0.05, 0) is 76.7 Å². The Morgan fingerprint density at radius 1 is 1.11 bits per heavy atom. The largest absolute Gasteiger partial charge is 0.389 e. The van der Waals surface area contributed by atoms with E-state index in [0.29, 0.717) is 24.2 Å². The van der Waals surface area contributed by atoms with Crippen LogP contribution < -0.4 is 0 Å².